The maximum absolute atomic E-state index is 15.0. The number of benzene rings is 2. The van der Waals surface area contributed by atoms with E-state index < -0.39 is 0 Å². The molecule has 26 heavy (non-hydrogen) atoms. The zero-order valence-corrected chi connectivity index (χ0v) is 15.7. The molecule has 0 amide bonds. The molecular formula is C20H18BrFN4. The summed E-state index contributed by atoms with van der Waals surface area (Å²) in [6.07, 6.45) is 3.90. The van der Waals surface area contributed by atoms with Crippen LogP contribution in [0.3, 0.4) is 0 Å². The molecule has 1 N–H and O–H groups in total. The Hall–Kier alpha value is -2.05. The minimum atomic E-state index is -0.189. The zero-order valence-electron chi connectivity index (χ0n) is 14.1. The summed E-state index contributed by atoms with van der Waals surface area (Å²) in [5.74, 6) is -0.189. The van der Waals surface area contributed by atoms with Crippen LogP contribution < -0.4 is 10.2 Å². The lowest BCUT2D eigenvalue weighted by molar-refractivity contribution is 0.460. The number of anilines is 1. The van der Waals surface area contributed by atoms with Crippen molar-refractivity contribution < 1.29 is 4.39 Å². The molecule has 2 aliphatic rings. The van der Waals surface area contributed by atoms with Crippen LogP contribution >= 0.6 is 15.9 Å². The van der Waals surface area contributed by atoms with E-state index in [-0.39, 0.29) is 5.82 Å². The molecule has 0 radical (unpaired) electrons. The number of hydrogen-bond donors (Lipinski definition) is 1. The predicted octanol–water partition coefficient (Wildman–Crippen LogP) is 4.14. The number of nitrogens with one attached hydrogen (secondary N) is 1. The van der Waals surface area contributed by atoms with E-state index in [1.165, 1.54) is 19.2 Å². The van der Waals surface area contributed by atoms with Gasteiger partial charge in [-0.2, -0.15) is 0 Å². The number of fused-ring (bicyclic) bond motifs is 3. The summed E-state index contributed by atoms with van der Waals surface area (Å²) >= 11 is 3.49. The summed E-state index contributed by atoms with van der Waals surface area (Å²) in [6.45, 7) is 1.74. The molecule has 0 unspecified atom stereocenters. The predicted molar refractivity (Wildman–Crippen MR) is 105 cm³/mol. The third-order valence-corrected chi connectivity index (χ3v) is 5.87. The fraction of sp³-hybridized carbons (Fsp3) is 0.300. The molecule has 4 nitrogen and oxygen atoms in total. The Bertz CT molecular complexity index is 981. The first-order chi connectivity index (χ1) is 12.7. The average molecular weight is 413 g/mol. The van der Waals surface area contributed by atoms with Gasteiger partial charge in [0.05, 0.1) is 16.9 Å². The fourth-order valence-electron chi connectivity index (χ4n) is 4.16. The smallest absolute Gasteiger partial charge is 0.147 e. The highest BCUT2D eigenvalue weighted by molar-refractivity contribution is 9.10. The van der Waals surface area contributed by atoms with E-state index in [0.29, 0.717) is 17.8 Å². The van der Waals surface area contributed by atoms with Crippen LogP contribution in [-0.4, -0.2) is 35.1 Å². The lowest BCUT2D eigenvalue weighted by atomic mass is 10.1. The second-order valence-electron chi connectivity index (χ2n) is 7.09. The molecule has 3 heterocycles. The van der Waals surface area contributed by atoms with Crippen LogP contribution in [0.5, 0.6) is 0 Å². The number of halogens is 2. The topological polar surface area (TPSA) is 41.1 Å². The molecule has 0 spiro atoms. The first-order valence-electron chi connectivity index (χ1n) is 8.88. The first-order valence-corrected chi connectivity index (χ1v) is 9.68. The summed E-state index contributed by atoms with van der Waals surface area (Å²) in [5.41, 5.74) is 3.06. The van der Waals surface area contributed by atoms with Crippen molar-refractivity contribution in [2.24, 2.45) is 0 Å². The van der Waals surface area contributed by atoms with Gasteiger partial charge in [-0.1, -0.05) is 22.0 Å². The van der Waals surface area contributed by atoms with Crippen LogP contribution in [0.1, 0.15) is 12.8 Å². The van der Waals surface area contributed by atoms with Crippen LogP contribution in [-0.2, 0) is 0 Å². The van der Waals surface area contributed by atoms with Gasteiger partial charge in [0.2, 0.25) is 0 Å². The van der Waals surface area contributed by atoms with Crippen molar-refractivity contribution in [1.82, 2.24) is 15.3 Å². The van der Waals surface area contributed by atoms with E-state index in [9.17, 15) is 4.39 Å². The Morgan fingerprint density at radius 2 is 1.85 bits per heavy atom. The third-order valence-electron chi connectivity index (χ3n) is 5.38. The van der Waals surface area contributed by atoms with Crippen molar-refractivity contribution >= 4 is 32.5 Å². The van der Waals surface area contributed by atoms with Crippen molar-refractivity contribution in [1.29, 1.82) is 0 Å². The highest BCUT2D eigenvalue weighted by Gasteiger charge is 2.33. The van der Waals surface area contributed by atoms with Gasteiger partial charge in [0.15, 0.2) is 0 Å². The van der Waals surface area contributed by atoms with E-state index in [4.69, 9.17) is 0 Å². The molecule has 3 aromatic rings. The molecule has 2 saturated heterocycles. The average Bonchev–Trinajstić information content (AvgIpc) is 2.99. The Morgan fingerprint density at radius 3 is 2.62 bits per heavy atom. The van der Waals surface area contributed by atoms with Gasteiger partial charge in [-0.15, -0.1) is 0 Å². The van der Waals surface area contributed by atoms with Gasteiger partial charge >= 0.3 is 0 Å². The maximum atomic E-state index is 15.0. The van der Waals surface area contributed by atoms with Gasteiger partial charge in [0, 0.05) is 40.6 Å². The largest absolute Gasteiger partial charge is 0.366 e. The molecule has 5 rings (SSSR count). The van der Waals surface area contributed by atoms with Gasteiger partial charge in [-0.3, -0.25) is 0 Å². The lowest BCUT2D eigenvalue weighted by Gasteiger charge is -2.34. The zero-order chi connectivity index (χ0) is 17.7. The number of rotatable bonds is 2. The molecule has 2 fully saturated rings. The standard InChI is InChI=1S/C20H18BrFN4/c21-13-2-5-18-16(8-13)20(24-11-23-18)12-1-6-19(17(22)7-12)26-9-14-3-4-15(10-26)25-14/h1-2,5-8,11,14-15,25H,3-4,9-10H2/t14-,15+. The highest BCUT2D eigenvalue weighted by atomic mass is 79.9. The van der Waals surface area contributed by atoms with E-state index >= 15 is 0 Å². The van der Waals surface area contributed by atoms with Crippen molar-refractivity contribution in [3.8, 4) is 11.3 Å². The molecule has 2 aliphatic heterocycles. The van der Waals surface area contributed by atoms with Crippen molar-refractivity contribution in [2.45, 2.75) is 24.9 Å². The number of hydrogen-bond acceptors (Lipinski definition) is 4. The van der Waals surface area contributed by atoms with Crippen LogP contribution in [0, 0.1) is 5.82 Å². The second kappa shape index (κ2) is 6.28. The number of nitrogens with zero attached hydrogens (tertiary/aromatic N) is 3. The Balaban J connectivity index is 1.54. The van der Waals surface area contributed by atoms with Crippen LogP contribution in [0.4, 0.5) is 10.1 Å². The van der Waals surface area contributed by atoms with E-state index in [1.807, 2.05) is 30.3 Å². The Kier molecular flexibility index (Phi) is 3.90. The van der Waals surface area contributed by atoms with Crippen LogP contribution in [0.25, 0.3) is 22.2 Å². The maximum Gasteiger partial charge on any atom is 0.147 e. The van der Waals surface area contributed by atoms with Crippen molar-refractivity contribution in [3.63, 3.8) is 0 Å². The summed E-state index contributed by atoms with van der Waals surface area (Å²) in [5, 5.41) is 4.50. The van der Waals surface area contributed by atoms with Crippen molar-refractivity contribution in [2.75, 3.05) is 18.0 Å². The van der Waals surface area contributed by atoms with Crippen LogP contribution in [0.15, 0.2) is 47.2 Å². The SMILES string of the molecule is Fc1cc(-c2ncnc3ccc(Br)cc23)ccc1N1C[C@H]2CC[C@@H](C1)N2. The molecule has 0 aliphatic carbocycles. The number of aromatic nitrogens is 2. The summed E-state index contributed by atoms with van der Waals surface area (Å²) < 4.78 is 15.9. The summed E-state index contributed by atoms with van der Waals surface area (Å²) in [4.78, 5) is 10.9. The van der Waals surface area contributed by atoms with E-state index in [1.54, 1.807) is 6.07 Å². The molecule has 0 saturated carbocycles. The Labute approximate surface area is 159 Å². The van der Waals surface area contributed by atoms with Crippen molar-refractivity contribution in [3.05, 3.63) is 53.0 Å². The molecule has 2 bridgehead atoms. The molecule has 6 heteroatoms. The quantitative estimate of drug-likeness (QED) is 0.686. The molecule has 2 atom stereocenters. The van der Waals surface area contributed by atoms with Gasteiger partial charge in [-0.25, -0.2) is 14.4 Å². The molecule has 132 valence electrons. The lowest BCUT2D eigenvalue weighted by Crippen LogP contribution is -2.51. The monoisotopic (exact) mass is 412 g/mol. The summed E-state index contributed by atoms with van der Waals surface area (Å²) in [7, 11) is 0. The normalized spacial score (nSPS) is 22.2. The molecule has 2 aromatic carbocycles. The first kappa shape index (κ1) is 16.1. The summed E-state index contributed by atoms with van der Waals surface area (Å²) in [6, 6.07) is 12.3. The fourth-order valence-corrected chi connectivity index (χ4v) is 4.52. The molecular weight excluding hydrogens is 395 g/mol. The minimum Gasteiger partial charge on any atom is -0.366 e. The highest BCUT2D eigenvalue weighted by Crippen LogP contribution is 2.32. The second-order valence-corrected chi connectivity index (χ2v) is 8.01. The van der Waals surface area contributed by atoms with E-state index in [2.05, 4.69) is 36.1 Å². The van der Waals surface area contributed by atoms with E-state index in [0.717, 1.165) is 39.7 Å². The van der Waals surface area contributed by atoms with Crippen LogP contribution in [0.2, 0.25) is 0 Å². The van der Waals surface area contributed by atoms with Gasteiger partial charge in [0.1, 0.15) is 12.1 Å². The Morgan fingerprint density at radius 1 is 1.04 bits per heavy atom. The van der Waals surface area contributed by atoms with Gasteiger partial charge < -0.3 is 10.2 Å². The minimum absolute atomic E-state index is 0.189. The number of piperazine rings is 1. The third kappa shape index (κ3) is 2.77. The molecule has 1 aromatic heterocycles. The van der Waals surface area contributed by atoms with Gasteiger partial charge in [0.25, 0.3) is 0 Å². The van der Waals surface area contributed by atoms with Gasteiger partial charge in [-0.05, 0) is 43.2 Å².